The van der Waals surface area contributed by atoms with Crippen LogP contribution in [0.25, 0.3) is 0 Å². The molecule has 0 atom stereocenters. The lowest BCUT2D eigenvalue weighted by atomic mass is 10.1. The fourth-order valence-electron chi connectivity index (χ4n) is 3.24. The fraction of sp³-hybridized carbons (Fsp3) is 0.208. The quantitative estimate of drug-likeness (QED) is 0.463. The third kappa shape index (κ3) is 6.17. The van der Waals surface area contributed by atoms with Gasteiger partial charge in [-0.05, 0) is 54.4 Å². The number of carbonyl (C=O) groups excluding carboxylic acids is 1. The molecule has 0 unspecified atom stereocenters. The van der Waals surface area contributed by atoms with Gasteiger partial charge in [0.25, 0.3) is 10.0 Å². The lowest BCUT2D eigenvalue weighted by molar-refractivity contribution is -0.116. The van der Waals surface area contributed by atoms with Crippen LogP contribution in [-0.2, 0) is 21.2 Å². The Labute approximate surface area is 193 Å². The number of ether oxygens (including phenoxy) is 3. The van der Waals surface area contributed by atoms with E-state index in [1.807, 2.05) is 0 Å². The highest BCUT2D eigenvalue weighted by atomic mass is 32.2. The zero-order chi connectivity index (χ0) is 23.8. The molecule has 0 spiro atoms. The minimum absolute atomic E-state index is 0.157. The monoisotopic (exact) mass is 470 g/mol. The smallest absolute Gasteiger partial charge is 0.261 e. The van der Waals surface area contributed by atoms with E-state index in [0.717, 1.165) is 5.56 Å². The third-order valence-corrected chi connectivity index (χ3v) is 6.21. The normalized spacial score (nSPS) is 10.9. The summed E-state index contributed by atoms with van der Waals surface area (Å²) < 4.78 is 43.6. The van der Waals surface area contributed by atoms with Gasteiger partial charge >= 0.3 is 0 Å². The van der Waals surface area contributed by atoms with Gasteiger partial charge in [0, 0.05) is 12.1 Å². The molecule has 3 aromatic carbocycles. The standard InChI is InChI=1S/C24H26N2O6S/c1-30-21-14-17(15-22(31-2)24(21)32-3)12-13-23(27)25-18-8-7-9-19(16-18)26-33(28,29)20-10-5-4-6-11-20/h4-11,14-16,26H,12-13H2,1-3H3,(H,25,27). The maximum absolute atomic E-state index is 12.5. The molecule has 0 aliphatic rings. The Morgan fingerprint density at radius 3 is 2.06 bits per heavy atom. The van der Waals surface area contributed by atoms with Crippen LogP contribution < -0.4 is 24.2 Å². The number of nitrogens with one attached hydrogen (secondary N) is 2. The Balaban J connectivity index is 1.65. The van der Waals surface area contributed by atoms with E-state index in [1.54, 1.807) is 54.6 Å². The summed E-state index contributed by atoms with van der Waals surface area (Å²) in [7, 11) is 0.878. The highest BCUT2D eigenvalue weighted by Crippen LogP contribution is 2.38. The molecule has 0 radical (unpaired) electrons. The SMILES string of the molecule is COc1cc(CCC(=O)Nc2cccc(NS(=O)(=O)c3ccccc3)c2)cc(OC)c1OC. The zero-order valence-corrected chi connectivity index (χ0v) is 19.4. The molecule has 0 heterocycles. The molecule has 0 aliphatic heterocycles. The van der Waals surface area contributed by atoms with E-state index in [2.05, 4.69) is 10.0 Å². The van der Waals surface area contributed by atoms with E-state index in [-0.39, 0.29) is 17.2 Å². The van der Waals surface area contributed by atoms with Gasteiger partial charge in [-0.1, -0.05) is 24.3 Å². The van der Waals surface area contributed by atoms with E-state index in [0.29, 0.717) is 35.0 Å². The van der Waals surface area contributed by atoms with Crippen LogP contribution in [0.5, 0.6) is 17.2 Å². The first-order valence-electron chi connectivity index (χ1n) is 10.1. The lowest BCUT2D eigenvalue weighted by Crippen LogP contribution is -2.14. The molecular weight excluding hydrogens is 444 g/mol. The molecule has 1 amide bonds. The number of methoxy groups -OCH3 is 3. The van der Waals surface area contributed by atoms with Crippen LogP contribution in [0.4, 0.5) is 11.4 Å². The largest absolute Gasteiger partial charge is 0.493 e. The summed E-state index contributed by atoms with van der Waals surface area (Å²) >= 11 is 0. The van der Waals surface area contributed by atoms with Crippen LogP contribution in [0, 0.1) is 0 Å². The molecule has 3 aromatic rings. The van der Waals surface area contributed by atoms with E-state index in [1.165, 1.54) is 33.5 Å². The number of amides is 1. The maximum atomic E-state index is 12.5. The first-order chi connectivity index (χ1) is 15.9. The summed E-state index contributed by atoms with van der Waals surface area (Å²) in [6.07, 6.45) is 0.654. The van der Waals surface area contributed by atoms with Gasteiger partial charge in [0.15, 0.2) is 11.5 Å². The predicted octanol–water partition coefficient (Wildman–Crippen LogP) is 4.08. The van der Waals surface area contributed by atoms with Crippen molar-refractivity contribution >= 4 is 27.3 Å². The van der Waals surface area contributed by atoms with Gasteiger partial charge < -0.3 is 19.5 Å². The van der Waals surface area contributed by atoms with Gasteiger partial charge in [-0.25, -0.2) is 8.42 Å². The first-order valence-corrected chi connectivity index (χ1v) is 11.6. The molecule has 0 aliphatic carbocycles. The van der Waals surface area contributed by atoms with Gasteiger partial charge in [0.1, 0.15) is 0 Å². The van der Waals surface area contributed by atoms with Gasteiger partial charge in [-0.15, -0.1) is 0 Å². The Bertz CT molecular complexity index is 1190. The van der Waals surface area contributed by atoms with Gasteiger partial charge in [0.2, 0.25) is 11.7 Å². The van der Waals surface area contributed by atoms with Crippen LogP contribution in [0.15, 0.2) is 71.6 Å². The van der Waals surface area contributed by atoms with Crippen molar-refractivity contribution in [3.63, 3.8) is 0 Å². The van der Waals surface area contributed by atoms with Gasteiger partial charge in [0.05, 0.1) is 31.9 Å². The van der Waals surface area contributed by atoms with Crippen LogP contribution >= 0.6 is 0 Å². The second-order valence-corrected chi connectivity index (χ2v) is 8.76. The minimum Gasteiger partial charge on any atom is -0.493 e. The second kappa shape index (κ2) is 10.7. The molecule has 0 saturated heterocycles. The van der Waals surface area contributed by atoms with Crippen LogP contribution in [0.2, 0.25) is 0 Å². The number of benzene rings is 3. The first kappa shape index (κ1) is 23.9. The molecule has 0 aromatic heterocycles. The number of rotatable bonds is 10. The molecule has 0 fully saturated rings. The summed E-state index contributed by atoms with van der Waals surface area (Å²) in [4.78, 5) is 12.7. The van der Waals surface area contributed by atoms with Crippen molar-refractivity contribution in [3.05, 3.63) is 72.3 Å². The van der Waals surface area contributed by atoms with Crippen molar-refractivity contribution in [2.45, 2.75) is 17.7 Å². The Morgan fingerprint density at radius 2 is 1.45 bits per heavy atom. The average Bonchev–Trinajstić information content (AvgIpc) is 2.82. The number of aryl methyl sites for hydroxylation is 1. The average molecular weight is 471 g/mol. The number of carbonyl (C=O) groups is 1. The predicted molar refractivity (Wildman–Crippen MR) is 127 cm³/mol. The molecule has 0 saturated carbocycles. The van der Waals surface area contributed by atoms with Crippen molar-refractivity contribution in [2.75, 3.05) is 31.4 Å². The molecule has 174 valence electrons. The molecule has 2 N–H and O–H groups in total. The summed E-state index contributed by atoms with van der Waals surface area (Å²) in [5.41, 5.74) is 1.68. The highest BCUT2D eigenvalue weighted by molar-refractivity contribution is 7.92. The van der Waals surface area contributed by atoms with Crippen LogP contribution in [0.1, 0.15) is 12.0 Å². The minimum atomic E-state index is -3.72. The fourth-order valence-corrected chi connectivity index (χ4v) is 4.31. The van der Waals surface area contributed by atoms with Crippen molar-refractivity contribution in [2.24, 2.45) is 0 Å². The Kier molecular flexibility index (Phi) is 7.78. The number of hydrogen-bond acceptors (Lipinski definition) is 6. The van der Waals surface area contributed by atoms with Crippen molar-refractivity contribution in [3.8, 4) is 17.2 Å². The maximum Gasteiger partial charge on any atom is 0.261 e. The number of sulfonamides is 1. The molecule has 33 heavy (non-hydrogen) atoms. The van der Waals surface area contributed by atoms with E-state index >= 15 is 0 Å². The lowest BCUT2D eigenvalue weighted by Gasteiger charge is -2.14. The molecule has 3 rings (SSSR count). The topological polar surface area (TPSA) is 103 Å². The summed E-state index contributed by atoms with van der Waals surface area (Å²) in [5, 5.41) is 2.80. The molecule has 8 nitrogen and oxygen atoms in total. The van der Waals surface area contributed by atoms with Gasteiger partial charge in [-0.2, -0.15) is 0 Å². The van der Waals surface area contributed by atoms with E-state index < -0.39 is 10.0 Å². The third-order valence-electron chi connectivity index (χ3n) is 4.82. The van der Waals surface area contributed by atoms with Crippen LogP contribution in [-0.4, -0.2) is 35.7 Å². The summed E-state index contributed by atoms with van der Waals surface area (Å²) in [5.74, 6) is 1.31. The second-order valence-electron chi connectivity index (χ2n) is 7.08. The molecular formula is C24H26N2O6S. The zero-order valence-electron chi connectivity index (χ0n) is 18.6. The van der Waals surface area contributed by atoms with E-state index in [4.69, 9.17) is 14.2 Å². The van der Waals surface area contributed by atoms with Crippen LogP contribution in [0.3, 0.4) is 0 Å². The van der Waals surface area contributed by atoms with Crippen molar-refractivity contribution in [1.82, 2.24) is 0 Å². The van der Waals surface area contributed by atoms with E-state index in [9.17, 15) is 13.2 Å². The highest BCUT2D eigenvalue weighted by Gasteiger charge is 2.15. The van der Waals surface area contributed by atoms with Gasteiger partial charge in [-0.3, -0.25) is 9.52 Å². The Morgan fingerprint density at radius 1 is 0.818 bits per heavy atom. The molecule has 0 bridgehead atoms. The summed E-state index contributed by atoms with van der Waals surface area (Å²) in [6, 6.07) is 18.2. The number of hydrogen-bond donors (Lipinski definition) is 2. The van der Waals surface area contributed by atoms with Crippen molar-refractivity contribution in [1.29, 1.82) is 0 Å². The Hall–Kier alpha value is -3.72. The van der Waals surface area contributed by atoms with Crippen molar-refractivity contribution < 1.29 is 27.4 Å². The molecule has 9 heteroatoms. The summed E-state index contributed by atoms with van der Waals surface area (Å²) in [6.45, 7) is 0. The number of anilines is 2.